The quantitative estimate of drug-likeness (QED) is 0.0453. The van der Waals surface area contributed by atoms with Gasteiger partial charge in [-0.2, -0.15) is 0 Å². The van der Waals surface area contributed by atoms with Gasteiger partial charge in [0.1, 0.15) is 11.7 Å². The number of unbranched alkanes of at least 4 members (excludes halogenated alkanes) is 17. The molecule has 1 unspecified atom stereocenters. The van der Waals surface area contributed by atoms with E-state index in [4.69, 9.17) is 0 Å². The fourth-order valence-corrected chi connectivity index (χ4v) is 9.98. The van der Waals surface area contributed by atoms with E-state index in [1.54, 1.807) is 0 Å². The third-order valence-electron chi connectivity index (χ3n) is 14.8. The zero-order chi connectivity index (χ0) is 58.2. The van der Waals surface area contributed by atoms with Gasteiger partial charge in [0.15, 0.2) is 0 Å². The lowest BCUT2D eigenvalue weighted by atomic mass is 10.1. The summed E-state index contributed by atoms with van der Waals surface area (Å²) in [5.41, 5.74) is 3.53. The predicted molar refractivity (Wildman–Crippen MR) is 355 cm³/mol. The molecule has 7 heterocycles. The van der Waals surface area contributed by atoms with Crippen molar-refractivity contribution in [1.29, 1.82) is 0 Å². The standard InChI is InChI=1S/C15H30N2.C14H28N2.C12H16N2.C9H10N2.C7H14N2.C6H12N2.C4H8N2/c1-3-4-5-6-7-8-9-10-11-12-15-16-13-14-17(15)2;1-2-3-4-5-6-7-8-9-10-11-14-15-12-13-16-14;1-3-4-9-12-13-10-7-5-6-8-11(10)14(12)2;1-2-4-8(5-3-1)9-10-6-7-11-9;1-3-4-7-8-5-6(2)9-7;1-2-3-6-7-4-5-8-6;1-4-5-2-3-6-4/h3-14H2,1-2H3;2-13H2,1H3,(H,15,16);5-8H,3-4,9H2,1-2H3;1-5H,6-7H2,(H,10,11);6H,3-5H2,1-2H3,(H,8,9);2-5H2,1H3,(H,7,8);2-3H2,1H3,(H,5,6). The third-order valence-corrected chi connectivity index (χ3v) is 14.8. The molecular formula is C67H118N14. The van der Waals surface area contributed by atoms with Gasteiger partial charge in [0.2, 0.25) is 0 Å². The number of aromatic nitrogens is 2. The van der Waals surface area contributed by atoms with Crippen LogP contribution in [0.5, 0.6) is 0 Å². The minimum atomic E-state index is 0.576. The van der Waals surface area contributed by atoms with Gasteiger partial charge >= 0.3 is 0 Å². The van der Waals surface area contributed by atoms with Crippen molar-refractivity contribution in [1.82, 2.24) is 41.0 Å². The predicted octanol–water partition coefficient (Wildman–Crippen LogP) is 14.1. The Balaban J connectivity index is 0.000000253. The van der Waals surface area contributed by atoms with Gasteiger partial charge in [0, 0.05) is 90.5 Å². The Morgan fingerprint density at radius 2 is 0.975 bits per heavy atom. The van der Waals surface area contributed by atoms with Crippen LogP contribution in [0.25, 0.3) is 11.0 Å². The number of benzene rings is 2. The summed E-state index contributed by atoms with van der Waals surface area (Å²) in [5.74, 6) is 8.31. The molecule has 9 rings (SSSR count). The molecule has 81 heavy (non-hydrogen) atoms. The molecule has 0 radical (unpaired) electrons. The highest BCUT2D eigenvalue weighted by molar-refractivity contribution is 5.99. The Hall–Kier alpha value is -5.27. The van der Waals surface area contributed by atoms with Crippen LogP contribution in [0.15, 0.2) is 84.6 Å². The van der Waals surface area contributed by atoms with E-state index >= 15 is 0 Å². The van der Waals surface area contributed by atoms with E-state index < -0.39 is 0 Å². The molecule has 6 aliphatic rings. The molecule has 456 valence electrons. The van der Waals surface area contributed by atoms with Crippen LogP contribution in [0.4, 0.5) is 0 Å². The summed E-state index contributed by atoms with van der Waals surface area (Å²) in [6.07, 6.45) is 35.9. The van der Waals surface area contributed by atoms with Crippen LogP contribution >= 0.6 is 0 Å². The molecule has 0 saturated heterocycles. The second kappa shape index (κ2) is 47.2. The molecule has 2 aromatic carbocycles. The van der Waals surface area contributed by atoms with Crippen LogP contribution in [-0.2, 0) is 13.5 Å². The van der Waals surface area contributed by atoms with Gasteiger partial charge in [0.05, 0.1) is 79.5 Å². The van der Waals surface area contributed by atoms with Crippen LogP contribution < -0.4 is 26.6 Å². The van der Waals surface area contributed by atoms with Gasteiger partial charge < -0.3 is 36.1 Å². The number of nitrogens with zero attached hydrogens (tertiary/aromatic N) is 9. The van der Waals surface area contributed by atoms with Gasteiger partial charge in [-0.1, -0.05) is 186 Å². The normalized spacial score (nSPS) is 16.3. The number of hydrogen-bond donors (Lipinski definition) is 5. The number of hydrogen-bond acceptors (Lipinski definition) is 13. The fraction of sp³-hybridized carbons (Fsp3) is 0.716. The second-order valence-electron chi connectivity index (χ2n) is 22.3. The van der Waals surface area contributed by atoms with E-state index in [0.717, 1.165) is 108 Å². The molecule has 14 nitrogen and oxygen atoms in total. The first-order valence-corrected chi connectivity index (χ1v) is 32.8. The third kappa shape index (κ3) is 33.4. The molecule has 0 aliphatic carbocycles. The van der Waals surface area contributed by atoms with E-state index in [1.807, 2.05) is 31.2 Å². The van der Waals surface area contributed by atoms with E-state index in [1.165, 1.54) is 194 Å². The first-order chi connectivity index (χ1) is 39.7. The number of imidazole rings is 1. The van der Waals surface area contributed by atoms with Crippen LogP contribution in [0.2, 0.25) is 0 Å². The van der Waals surface area contributed by atoms with Crippen LogP contribution in [0, 0.1) is 0 Å². The molecule has 1 atom stereocenters. The molecule has 3 aromatic rings. The Morgan fingerprint density at radius 1 is 0.457 bits per heavy atom. The molecule has 14 heteroatoms. The van der Waals surface area contributed by atoms with E-state index in [9.17, 15) is 0 Å². The molecule has 6 aliphatic heterocycles. The van der Waals surface area contributed by atoms with Crippen LogP contribution in [-0.4, -0.2) is 135 Å². The maximum absolute atomic E-state index is 4.61. The molecule has 5 N–H and O–H groups in total. The van der Waals surface area contributed by atoms with Crippen LogP contribution in [0.3, 0.4) is 0 Å². The Bertz CT molecular complexity index is 2210. The number of para-hydroxylation sites is 2. The number of nitrogens with one attached hydrogen (secondary N) is 5. The van der Waals surface area contributed by atoms with Gasteiger partial charge in [-0.3, -0.25) is 30.0 Å². The van der Waals surface area contributed by atoms with E-state index in [2.05, 4.69) is 157 Å². The highest BCUT2D eigenvalue weighted by Crippen LogP contribution is 2.16. The minimum absolute atomic E-state index is 0.576. The summed E-state index contributed by atoms with van der Waals surface area (Å²) in [4.78, 5) is 32.8. The average Bonchev–Trinajstić information content (AvgIpc) is 4.39. The summed E-state index contributed by atoms with van der Waals surface area (Å²) in [5, 5.41) is 16.1. The fourth-order valence-electron chi connectivity index (χ4n) is 9.98. The average molecular weight is 1120 g/mol. The largest absolute Gasteiger partial charge is 0.372 e. The van der Waals surface area contributed by atoms with Crippen molar-refractivity contribution in [2.75, 3.05) is 79.0 Å². The van der Waals surface area contributed by atoms with Crippen molar-refractivity contribution in [3.05, 3.63) is 66.0 Å². The number of aryl methyl sites for hydroxylation is 2. The van der Waals surface area contributed by atoms with Crippen molar-refractivity contribution in [2.45, 2.75) is 228 Å². The van der Waals surface area contributed by atoms with Crippen LogP contribution in [0.1, 0.15) is 227 Å². The zero-order valence-electron chi connectivity index (χ0n) is 53.2. The van der Waals surface area contributed by atoms with Crippen molar-refractivity contribution in [3.63, 3.8) is 0 Å². The Morgan fingerprint density at radius 3 is 1.44 bits per heavy atom. The summed E-state index contributed by atoms with van der Waals surface area (Å²) in [6, 6.07) is 19.1. The Kier molecular flexibility index (Phi) is 40.8. The monoisotopic (exact) mass is 1120 g/mol. The number of fused-ring (bicyclic) bond motifs is 1. The van der Waals surface area contributed by atoms with Gasteiger partial charge in [-0.25, -0.2) is 4.98 Å². The lowest BCUT2D eigenvalue weighted by Crippen LogP contribution is -2.26. The van der Waals surface area contributed by atoms with Crippen molar-refractivity contribution in [3.8, 4) is 0 Å². The highest BCUT2D eigenvalue weighted by atomic mass is 15.2. The lowest BCUT2D eigenvalue weighted by molar-refractivity contribution is 0.531. The maximum Gasteiger partial charge on any atom is 0.128 e. The first-order valence-electron chi connectivity index (χ1n) is 32.8. The molecule has 0 saturated carbocycles. The van der Waals surface area contributed by atoms with E-state index in [0.29, 0.717) is 6.04 Å². The minimum Gasteiger partial charge on any atom is -0.372 e. The summed E-state index contributed by atoms with van der Waals surface area (Å²) >= 11 is 0. The number of likely N-dealkylation sites (N-methyl/N-ethyl adjacent to an activating group) is 1. The molecule has 0 fully saturated rings. The first kappa shape index (κ1) is 70.0. The smallest absolute Gasteiger partial charge is 0.128 e. The van der Waals surface area contributed by atoms with Gasteiger partial charge in [-0.05, 0) is 58.1 Å². The molecule has 0 bridgehead atoms. The highest BCUT2D eigenvalue weighted by Gasteiger charge is 2.12. The molecule has 0 amide bonds. The summed E-state index contributed by atoms with van der Waals surface area (Å²) in [7, 11) is 4.26. The topological polar surface area (TPSA) is 155 Å². The summed E-state index contributed by atoms with van der Waals surface area (Å²) in [6.45, 7) is 26.3. The van der Waals surface area contributed by atoms with Crippen molar-refractivity contribution >= 4 is 46.0 Å². The van der Waals surface area contributed by atoms with Crippen molar-refractivity contribution < 1.29 is 0 Å². The second-order valence-corrected chi connectivity index (χ2v) is 22.3. The molecule has 1 aromatic heterocycles. The van der Waals surface area contributed by atoms with E-state index in [-0.39, 0.29) is 0 Å². The van der Waals surface area contributed by atoms with Crippen molar-refractivity contribution in [2.24, 2.45) is 37.0 Å². The molecular weight excluding hydrogens is 1000 g/mol. The summed E-state index contributed by atoms with van der Waals surface area (Å²) < 4.78 is 2.20. The number of aliphatic imine (C=N–C) groups is 6. The maximum atomic E-state index is 4.61. The van der Waals surface area contributed by atoms with Gasteiger partial charge in [0.25, 0.3) is 0 Å². The molecule has 0 spiro atoms. The number of rotatable bonds is 28. The van der Waals surface area contributed by atoms with Gasteiger partial charge in [-0.15, -0.1) is 0 Å². The number of amidine groups is 6. The SMILES string of the molecule is CC1=NCCN1.CCCC1=NCC(C)N1.CCCC1=NCCN1.CCCCCCCCCCCC1=NCCN1.CCCCCCCCCCCC1=NCCN1C.CCCCc1nc2ccccc2n1C.c1ccc(C2=NCCN2)cc1. The lowest BCUT2D eigenvalue weighted by Gasteiger charge is -2.13. The zero-order valence-corrected chi connectivity index (χ0v) is 53.2. The Labute approximate surface area is 494 Å².